The molecule has 0 fully saturated rings. The minimum absolute atomic E-state index is 0.0504. The number of carbonyl (C=O) groups excluding carboxylic acids is 2. The molecular formula is C28H34Cl2N2O4. The van der Waals surface area contributed by atoms with Crippen LogP contribution in [0, 0.1) is 5.92 Å². The number of hydrogen-bond donors (Lipinski definition) is 2. The van der Waals surface area contributed by atoms with Crippen LogP contribution in [0.15, 0.2) is 42.5 Å². The highest BCUT2D eigenvalue weighted by atomic mass is 35.5. The average Bonchev–Trinajstić information content (AvgIpc) is 2.91. The molecule has 0 aliphatic carbocycles. The Morgan fingerprint density at radius 2 is 1.81 bits per heavy atom. The summed E-state index contributed by atoms with van der Waals surface area (Å²) in [6.07, 6.45) is 2.77. The van der Waals surface area contributed by atoms with Crippen LogP contribution in [0.3, 0.4) is 0 Å². The Morgan fingerprint density at radius 1 is 1.06 bits per heavy atom. The van der Waals surface area contributed by atoms with Gasteiger partial charge in [-0.25, -0.2) is 0 Å². The minimum Gasteiger partial charge on any atom is -0.481 e. The van der Waals surface area contributed by atoms with Gasteiger partial charge in [-0.1, -0.05) is 67.7 Å². The predicted octanol–water partition coefficient (Wildman–Crippen LogP) is 5.86. The summed E-state index contributed by atoms with van der Waals surface area (Å²) in [5, 5.41) is 12.8. The third-order valence-corrected chi connectivity index (χ3v) is 7.10. The van der Waals surface area contributed by atoms with Crippen LogP contribution in [0.2, 0.25) is 10.0 Å². The van der Waals surface area contributed by atoms with Crippen molar-refractivity contribution in [2.45, 2.75) is 57.8 Å². The van der Waals surface area contributed by atoms with E-state index in [0.717, 1.165) is 23.1 Å². The first-order valence-corrected chi connectivity index (χ1v) is 13.2. The van der Waals surface area contributed by atoms with Crippen molar-refractivity contribution in [3.8, 4) is 0 Å². The van der Waals surface area contributed by atoms with Crippen molar-refractivity contribution in [1.82, 2.24) is 10.2 Å². The van der Waals surface area contributed by atoms with Crippen molar-refractivity contribution in [2.24, 2.45) is 5.92 Å². The lowest BCUT2D eigenvalue weighted by atomic mass is 9.82. The molecule has 2 aromatic carbocycles. The molecule has 0 saturated carbocycles. The van der Waals surface area contributed by atoms with Crippen molar-refractivity contribution in [3.63, 3.8) is 0 Å². The molecule has 1 aliphatic heterocycles. The number of aliphatic carboxylic acids is 1. The fourth-order valence-electron chi connectivity index (χ4n) is 4.83. The zero-order chi connectivity index (χ0) is 26.2. The van der Waals surface area contributed by atoms with E-state index < -0.39 is 5.97 Å². The first-order chi connectivity index (χ1) is 17.2. The number of hydrogen-bond acceptors (Lipinski definition) is 3. The molecule has 2 atom stereocenters. The molecule has 2 amide bonds. The third-order valence-electron chi connectivity index (χ3n) is 6.52. The molecule has 2 unspecified atom stereocenters. The Bertz CT molecular complexity index is 1090. The summed E-state index contributed by atoms with van der Waals surface area (Å²) in [5.41, 5.74) is 2.80. The molecule has 0 bridgehead atoms. The standard InChI is InChI=1S/C28H34Cl2N2O4/c1-18(2)14-23-20-12-11-19(29)15-22(20)24(21-8-5-6-9-25(21)30)16-32(28(23)36)17-26(33)31-13-7-3-4-10-27(34)35/h5-6,8-9,11-12,15,18,23-24H,3-4,7,10,13-14,16-17H2,1-2H3,(H,31,33)(H,34,35). The number of benzene rings is 2. The van der Waals surface area contributed by atoms with Gasteiger partial charge in [0.1, 0.15) is 0 Å². The number of carboxylic acid groups (broad SMARTS) is 1. The van der Waals surface area contributed by atoms with Crippen LogP contribution in [0.25, 0.3) is 0 Å². The molecule has 1 heterocycles. The second-order valence-corrected chi connectivity index (χ2v) is 10.6. The minimum atomic E-state index is -0.815. The van der Waals surface area contributed by atoms with Gasteiger partial charge >= 0.3 is 5.97 Å². The van der Waals surface area contributed by atoms with E-state index in [1.165, 1.54) is 0 Å². The van der Waals surface area contributed by atoms with Crippen molar-refractivity contribution >= 4 is 41.0 Å². The number of carboxylic acids is 1. The van der Waals surface area contributed by atoms with Gasteiger partial charge in [0.2, 0.25) is 11.8 Å². The summed E-state index contributed by atoms with van der Waals surface area (Å²) >= 11 is 13.0. The maximum Gasteiger partial charge on any atom is 0.303 e. The van der Waals surface area contributed by atoms with Crippen molar-refractivity contribution in [3.05, 3.63) is 69.2 Å². The number of amides is 2. The van der Waals surface area contributed by atoms with E-state index in [4.69, 9.17) is 28.3 Å². The van der Waals surface area contributed by atoms with E-state index in [0.29, 0.717) is 42.4 Å². The Hall–Kier alpha value is -2.57. The lowest BCUT2D eigenvalue weighted by molar-refractivity contribution is -0.137. The lowest BCUT2D eigenvalue weighted by Crippen LogP contribution is -2.43. The number of halogens is 2. The summed E-state index contributed by atoms with van der Waals surface area (Å²) in [6, 6.07) is 13.3. The predicted molar refractivity (Wildman–Crippen MR) is 143 cm³/mol. The summed E-state index contributed by atoms with van der Waals surface area (Å²) in [7, 11) is 0. The molecule has 0 saturated heterocycles. The Morgan fingerprint density at radius 3 is 2.50 bits per heavy atom. The molecule has 36 heavy (non-hydrogen) atoms. The van der Waals surface area contributed by atoms with Crippen molar-refractivity contribution in [1.29, 1.82) is 0 Å². The Kier molecular flexibility index (Phi) is 10.2. The van der Waals surface area contributed by atoms with E-state index in [9.17, 15) is 14.4 Å². The second kappa shape index (κ2) is 13.1. The fourth-order valence-corrected chi connectivity index (χ4v) is 5.28. The van der Waals surface area contributed by atoms with E-state index in [1.54, 1.807) is 4.90 Å². The van der Waals surface area contributed by atoms with Gasteiger partial charge < -0.3 is 15.3 Å². The second-order valence-electron chi connectivity index (χ2n) is 9.80. The van der Waals surface area contributed by atoms with Crippen molar-refractivity contribution in [2.75, 3.05) is 19.6 Å². The van der Waals surface area contributed by atoms with Crippen LogP contribution < -0.4 is 5.32 Å². The van der Waals surface area contributed by atoms with Crippen LogP contribution in [0.4, 0.5) is 0 Å². The first kappa shape index (κ1) is 28.0. The van der Waals surface area contributed by atoms with Crippen LogP contribution in [-0.2, 0) is 14.4 Å². The SMILES string of the molecule is CC(C)CC1C(=O)N(CC(=O)NCCCCCC(=O)O)CC(c2ccccc2Cl)c2cc(Cl)ccc21. The number of nitrogens with one attached hydrogen (secondary N) is 1. The molecule has 2 N–H and O–H groups in total. The van der Waals surface area contributed by atoms with Gasteiger partial charge in [-0.05, 0) is 60.1 Å². The van der Waals surface area contributed by atoms with E-state index in [-0.39, 0.29) is 42.5 Å². The van der Waals surface area contributed by atoms with E-state index >= 15 is 0 Å². The molecule has 0 aromatic heterocycles. The van der Waals surface area contributed by atoms with Crippen LogP contribution >= 0.6 is 23.2 Å². The molecule has 6 nitrogen and oxygen atoms in total. The Labute approximate surface area is 223 Å². The molecule has 2 aromatic rings. The average molecular weight is 533 g/mol. The molecule has 1 aliphatic rings. The number of carbonyl (C=O) groups is 3. The van der Waals surface area contributed by atoms with Crippen LogP contribution in [-0.4, -0.2) is 47.4 Å². The number of rotatable bonds is 11. The highest BCUT2D eigenvalue weighted by Crippen LogP contribution is 2.41. The Balaban J connectivity index is 1.85. The van der Waals surface area contributed by atoms with Gasteiger partial charge in [0, 0.05) is 35.5 Å². The number of nitrogens with zero attached hydrogens (tertiary/aromatic N) is 1. The summed E-state index contributed by atoms with van der Waals surface area (Å²) in [5.74, 6) is -1.44. The molecule has 194 valence electrons. The summed E-state index contributed by atoms with van der Waals surface area (Å²) < 4.78 is 0. The third kappa shape index (κ3) is 7.47. The largest absolute Gasteiger partial charge is 0.481 e. The zero-order valence-electron chi connectivity index (χ0n) is 20.8. The van der Waals surface area contributed by atoms with Crippen LogP contribution in [0.1, 0.15) is 74.5 Å². The maximum absolute atomic E-state index is 13.8. The van der Waals surface area contributed by atoms with Crippen LogP contribution in [0.5, 0.6) is 0 Å². The maximum atomic E-state index is 13.8. The fraction of sp³-hybridized carbons (Fsp3) is 0.464. The van der Waals surface area contributed by atoms with E-state index in [1.807, 2.05) is 42.5 Å². The van der Waals surface area contributed by atoms with Gasteiger partial charge in [0.25, 0.3) is 0 Å². The molecule has 8 heteroatoms. The lowest BCUT2D eigenvalue weighted by Gasteiger charge is -2.27. The summed E-state index contributed by atoms with van der Waals surface area (Å²) in [4.78, 5) is 38.9. The molecule has 0 spiro atoms. The van der Waals surface area contributed by atoms with E-state index in [2.05, 4.69) is 19.2 Å². The molecular weight excluding hydrogens is 499 g/mol. The van der Waals surface area contributed by atoms with Crippen molar-refractivity contribution < 1.29 is 19.5 Å². The normalized spacial score (nSPS) is 17.6. The monoisotopic (exact) mass is 532 g/mol. The zero-order valence-corrected chi connectivity index (χ0v) is 22.3. The highest BCUT2D eigenvalue weighted by molar-refractivity contribution is 6.31. The summed E-state index contributed by atoms with van der Waals surface area (Å²) in [6.45, 7) is 4.88. The number of fused-ring (bicyclic) bond motifs is 1. The topological polar surface area (TPSA) is 86.7 Å². The quantitative estimate of drug-likeness (QED) is 0.355. The van der Waals surface area contributed by atoms with Gasteiger partial charge in [0.15, 0.2) is 0 Å². The van der Waals surface area contributed by atoms with Gasteiger partial charge in [0.05, 0.1) is 12.5 Å². The van der Waals surface area contributed by atoms with Gasteiger partial charge in [-0.15, -0.1) is 0 Å². The highest BCUT2D eigenvalue weighted by Gasteiger charge is 2.37. The molecule has 0 radical (unpaired) electrons. The molecule has 3 rings (SSSR count). The van der Waals surface area contributed by atoms with Gasteiger partial charge in [-0.2, -0.15) is 0 Å². The number of unbranched alkanes of at least 4 members (excludes halogenated alkanes) is 2. The smallest absolute Gasteiger partial charge is 0.303 e. The first-order valence-electron chi connectivity index (χ1n) is 12.5. The van der Waals surface area contributed by atoms with Gasteiger partial charge in [-0.3, -0.25) is 14.4 Å².